The van der Waals surface area contributed by atoms with Gasteiger partial charge in [0.05, 0.1) is 30.0 Å². The molecule has 3 N–H and O–H groups in total. The van der Waals surface area contributed by atoms with Crippen molar-refractivity contribution in [3.63, 3.8) is 0 Å². The Kier molecular flexibility index (Phi) is 7.48. The Balaban J connectivity index is 1.42. The molecular weight excluding hydrogens is 448 g/mol. The topological polar surface area (TPSA) is 152 Å². The van der Waals surface area contributed by atoms with Crippen molar-refractivity contribution in [2.24, 2.45) is 11.3 Å². The van der Waals surface area contributed by atoms with Gasteiger partial charge in [-0.2, -0.15) is 20.2 Å². The Labute approximate surface area is 205 Å². The Hall–Kier alpha value is -3.68. The van der Waals surface area contributed by atoms with E-state index >= 15 is 0 Å². The SMILES string of the molecule is CC[C@@H](C)NC(=O)c1nc(OCC2(C#N)CC2)nc(N2CCC(COc3cnccc3N)CC2)n1. The Bertz CT molecular complexity index is 1080. The van der Waals surface area contributed by atoms with Crippen molar-refractivity contribution >= 4 is 17.5 Å². The second-order valence-electron chi connectivity index (χ2n) is 9.36. The summed E-state index contributed by atoms with van der Waals surface area (Å²) in [5.41, 5.74) is 6.03. The number of amides is 1. The quantitative estimate of drug-likeness (QED) is 0.518. The molecular formula is C24H32N8O3. The second-order valence-corrected chi connectivity index (χ2v) is 9.36. The second kappa shape index (κ2) is 10.7. The Morgan fingerprint density at radius 3 is 2.74 bits per heavy atom. The first-order valence-corrected chi connectivity index (χ1v) is 12.1. The van der Waals surface area contributed by atoms with Crippen LogP contribution in [0, 0.1) is 22.7 Å². The van der Waals surface area contributed by atoms with E-state index in [1.54, 1.807) is 18.5 Å². The number of nitriles is 1. The number of ether oxygens (including phenoxy) is 2. The van der Waals surface area contributed by atoms with Crippen molar-refractivity contribution in [3.05, 3.63) is 24.3 Å². The first kappa shape index (κ1) is 24.4. The van der Waals surface area contributed by atoms with Crippen LogP contribution in [-0.4, -0.2) is 58.2 Å². The van der Waals surface area contributed by atoms with Gasteiger partial charge in [-0.05, 0) is 51.0 Å². The summed E-state index contributed by atoms with van der Waals surface area (Å²) >= 11 is 0. The molecule has 1 saturated heterocycles. The highest BCUT2D eigenvalue weighted by molar-refractivity contribution is 5.90. The third kappa shape index (κ3) is 6.26. The number of pyridine rings is 1. The first-order valence-electron chi connectivity index (χ1n) is 12.1. The summed E-state index contributed by atoms with van der Waals surface area (Å²) < 4.78 is 11.6. The third-order valence-electron chi connectivity index (χ3n) is 6.55. The summed E-state index contributed by atoms with van der Waals surface area (Å²) in [7, 11) is 0. The molecule has 186 valence electrons. The zero-order chi connectivity index (χ0) is 24.8. The summed E-state index contributed by atoms with van der Waals surface area (Å²) in [6.45, 7) is 6.08. The van der Waals surface area contributed by atoms with Gasteiger partial charge in [0.2, 0.25) is 11.8 Å². The number of nitrogens with two attached hydrogens (primary N) is 1. The number of carbonyl (C=O) groups excluding carboxylic acids is 1. The van der Waals surface area contributed by atoms with E-state index in [4.69, 9.17) is 15.2 Å². The van der Waals surface area contributed by atoms with Crippen molar-refractivity contribution in [3.8, 4) is 17.8 Å². The lowest BCUT2D eigenvalue weighted by Gasteiger charge is -2.32. The molecule has 0 bridgehead atoms. The van der Waals surface area contributed by atoms with E-state index in [2.05, 4.69) is 31.3 Å². The van der Waals surface area contributed by atoms with Gasteiger partial charge in [-0.3, -0.25) is 9.78 Å². The zero-order valence-electron chi connectivity index (χ0n) is 20.2. The van der Waals surface area contributed by atoms with Gasteiger partial charge in [0.1, 0.15) is 6.61 Å². The molecule has 2 aliphatic rings. The monoisotopic (exact) mass is 480 g/mol. The van der Waals surface area contributed by atoms with Gasteiger partial charge in [0, 0.05) is 25.3 Å². The summed E-state index contributed by atoms with van der Waals surface area (Å²) in [6.07, 6.45) is 7.38. The van der Waals surface area contributed by atoms with E-state index in [1.807, 2.05) is 18.7 Å². The number of hydrogen-bond acceptors (Lipinski definition) is 10. The van der Waals surface area contributed by atoms with Gasteiger partial charge in [0.15, 0.2) is 5.75 Å². The van der Waals surface area contributed by atoms with Crippen LogP contribution in [0.25, 0.3) is 0 Å². The van der Waals surface area contributed by atoms with E-state index in [0.29, 0.717) is 43.0 Å². The van der Waals surface area contributed by atoms with Crippen LogP contribution < -0.4 is 25.4 Å². The smallest absolute Gasteiger partial charge is 0.322 e. The van der Waals surface area contributed by atoms with E-state index < -0.39 is 5.41 Å². The van der Waals surface area contributed by atoms with E-state index in [1.165, 1.54) is 0 Å². The summed E-state index contributed by atoms with van der Waals surface area (Å²) in [5.74, 6) is 0.997. The van der Waals surface area contributed by atoms with E-state index in [-0.39, 0.29) is 30.4 Å². The highest BCUT2D eigenvalue weighted by Crippen LogP contribution is 2.44. The Morgan fingerprint density at radius 1 is 1.31 bits per heavy atom. The molecule has 1 saturated carbocycles. The van der Waals surface area contributed by atoms with E-state index in [9.17, 15) is 10.1 Å². The van der Waals surface area contributed by atoms with Gasteiger partial charge in [0.25, 0.3) is 5.91 Å². The van der Waals surface area contributed by atoms with Crippen molar-refractivity contribution in [1.82, 2.24) is 25.3 Å². The average molecular weight is 481 g/mol. The van der Waals surface area contributed by atoms with Gasteiger partial charge in [-0.15, -0.1) is 0 Å². The number of rotatable bonds is 10. The number of nitrogen functional groups attached to an aromatic ring is 1. The summed E-state index contributed by atoms with van der Waals surface area (Å²) in [6, 6.07) is 4.07. The number of piperidine rings is 1. The standard InChI is InChI=1S/C24H32N8O3/c1-3-16(2)28-21(33)20-29-22(31-23(30-20)35-15-24(14-25)7-8-24)32-10-5-17(6-11-32)13-34-19-12-27-9-4-18(19)26/h4,9,12,16-17H,3,5-8,10-11,13,15H2,1-2H3,(H2,26,27)(H,28,33)/t16-/m1/s1. The van der Waals surface area contributed by atoms with Crippen LogP contribution in [-0.2, 0) is 0 Å². The minimum atomic E-state index is -0.470. The fourth-order valence-corrected chi connectivity index (χ4v) is 3.70. The lowest BCUT2D eigenvalue weighted by Crippen LogP contribution is -2.38. The number of anilines is 2. The molecule has 11 heteroatoms. The number of nitrogens with one attached hydrogen (secondary N) is 1. The van der Waals surface area contributed by atoms with Crippen molar-refractivity contribution < 1.29 is 14.3 Å². The predicted molar refractivity (Wildman–Crippen MR) is 129 cm³/mol. The molecule has 2 fully saturated rings. The molecule has 0 unspecified atom stereocenters. The molecule has 1 atom stereocenters. The molecule has 4 rings (SSSR count). The van der Waals surface area contributed by atoms with Gasteiger partial charge in [-0.1, -0.05) is 6.92 Å². The van der Waals surface area contributed by atoms with Gasteiger partial charge < -0.3 is 25.4 Å². The highest BCUT2D eigenvalue weighted by Gasteiger charge is 2.44. The van der Waals surface area contributed by atoms with Crippen molar-refractivity contribution in [2.45, 2.75) is 52.0 Å². The molecule has 11 nitrogen and oxygen atoms in total. The number of carbonyl (C=O) groups is 1. The molecule has 2 aromatic rings. The molecule has 35 heavy (non-hydrogen) atoms. The number of nitrogens with zero attached hydrogens (tertiary/aromatic N) is 6. The fourth-order valence-electron chi connectivity index (χ4n) is 3.70. The third-order valence-corrected chi connectivity index (χ3v) is 6.55. The van der Waals surface area contributed by atoms with Crippen LogP contribution in [0.4, 0.5) is 11.6 Å². The van der Waals surface area contributed by atoms with Crippen molar-refractivity contribution in [1.29, 1.82) is 5.26 Å². The van der Waals surface area contributed by atoms with Crippen LogP contribution >= 0.6 is 0 Å². The lowest BCUT2D eigenvalue weighted by atomic mass is 9.98. The first-order chi connectivity index (χ1) is 16.9. The van der Waals surface area contributed by atoms with Crippen LogP contribution in [0.1, 0.15) is 56.6 Å². The minimum absolute atomic E-state index is 0.00926. The maximum Gasteiger partial charge on any atom is 0.322 e. The predicted octanol–water partition coefficient (Wildman–Crippen LogP) is 2.36. The molecule has 0 aromatic carbocycles. The fraction of sp³-hybridized carbons (Fsp3) is 0.583. The van der Waals surface area contributed by atoms with Crippen LogP contribution in [0.3, 0.4) is 0 Å². The normalized spacial score (nSPS) is 17.8. The van der Waals surface area contributed by atoms with Gasteiger partial charge >= 0.3 is 6.01 Å². The number of aromatic nitrogens is 4. The molecule has 1 aliphatic carbocycles. The maximum absolute atomic E-state index is 12.7. The minimum Gasteiger partial charge on any atom is -0.490 e. The largest absolute Gasteiger partial charge is 0.490 e. The molecule has 1 amide bonds. The van der Waals surface area contributed by atoms with Crippen LogP contribution in [0.2, 0.25) is 0 Å². The Morgan fingerprint density at radius 2 is 2.09 bits per heavy atom. The summed E-state index contributed by atoms with van der Waals surface area (Å²) in [5, 5.41) is 12.2. The van der Waals surface area contributed by atoms with Crippen LogP contribution in [0.15, 0.2) is 18.5 Å². The lowest BCUT2D eigenvalue weighted by molar-refractivity contribution is 0.0926. The number of hydrogen-bond donors (Lipinski definition) is 2. The zero-order valence-corrected chi connectivity index (χ0v) is 20.2. The average Bonchev–Trinajstić information content (AvgIpc) is 3.67. The van der Waals surface area contributed by atoms with Crippen molar-refractivity contribution in [2.75, 3.05) is 36.9 Å². The molecule has 0 spiro atoms. The molecule has 0 radical (unpaired) electrons. The molecule has 2 aromatic heterocycles. The molecule has 3 heterocycles. The van der Waals surface area contributed by atoms with Crippen LogP contribution in [0.5, 0.6) is 11.8 Å². The maximum atomic E-state index is 12.7. The summed E-state index contributed by atoms with van der Waals surface area (Å²) in [4.78, 5) is 32.0. The highest BCUT2D eigenvalue weighted by atomic mass is 16.5. The van der Waals surface area contributed by atoms with E-state index in [0.717, 1.165) is 32.1 Å². The molecule has 1 aliphatic heterocycles. The van der Waals surface area contributed by atoms with Gasteiger partial charge in [-0.25, -0.2) is 0 Å².